The molecule has 0 atom stereocenters. The predicted molar refractivity (Wildman–Crippen MR) is 76.6 cm³/mol. The van der Waals surface area contributed by atoms with Gasteiger partial charge < -0.3 is 14.8 Å². The highest BCUT2D eigenvalue weighted by Gasteiger charge is 2.10. The van der Waals surface area contributed by atoms with E-state index < -0.39 is 0 Å². The molecule has 0 spiro atoms. The summed E-state index contributed by atoms with van der Waals surface area (Å²) in [6.07, 6.45) is 1.01. The van der Waals surface area contributed by atoms with E-state index in [1.54, 1.807) is 7.11 Å². The minimum Gasteiger partial charge on any atom is -0.383 e. The SMILES string of the molecule is CCOCCn1nc(C)c(CCNCCOC)c1C. The first-order chi connectivity index (χ1) is 9.20. The first-order valence-electron chi connectivity index (χ1n) is 7.01. The first-order valence-corrected chi connectivity index (χ1v) is 7.01. The molecule has 0 saturated carbocycles. The van der Waals surface area contributed by atoms with Crippen LogP contribution in [0.5, 0.6) is 0 Å². The molecule has 0 radical (unpaired) electrons. The largest absolute Gasteiger partial charge is 0.383 e. The van der Waals surface area contributed by atoms with Crippen molar-refractivity contribution in [2.24, 2.45) is 0 Å². The van der Waals surface area contributed by atoms with E-state index in [9.17, 15) is 0 Å². The van der Waals surface area contributed by atoms with Crippen LogP contribution in [0.15, 0.2) is 0 Å². The normalized spacial score (nSPS) is 11.2. The fourth-order valence-electron chi connectivity index (χ4n) is 2.12. The monoisotopic (exact) mass is 269 g/mol. The molecule has 0 amide bonds. The van der Waals surface area contributed by atoms with Gasteiger partial charge in [0.1, 0.15) is 0 Å². The standard InChI is InChI=1S/C14H27N3O2/c1-5-19-11-9-17-13(3)14(12(2)16-17)6-7-15-8-10-18-4/h15H,5-11H2,1-4H3. The Morgan fingerprint density at radius 3 is 2.68 bits per heavy atom. The average Bonchev–Trinajstić information content (AvgIpc) is 2.66. The lowest BCUT2D eigenvalue weighted by molar-refractivity contribution is 0.135. The van der Waals surface area contributed by atoms with Crippen LogP contribution in [0.3, 0.4) is 0 Å². The third-order valence-corrected chi connectivity index (χ3v) is 3.22. The fourth-order valence-corrected chi connectivity index (χ4v) is 2.12. The van der Waals surface area contributed by atoms with Gasteiger partial charge in [-0.1, -0.05) is 0 Å². The molecule has 0 aromatic carbocycles. The Kier molecular flexibility index (Phi) is 7.70. The average molecular weight is 269 g/mol. The van der Waals surface area contributed by atoms with Crippen LogP contribution >= 0.6 is 0 Å². The maximum absolute atomic E-state index is 5.38. The molecule has 1 rings (SSSR count). The number of ether oxygens (including phenoxy) is 2. The van der Waals surface area contributed by atoms with Crippen LogP contribution in [0.4, 0.5) is 0 Å². The van der Waals surface area contributed by atoms with Crippen molar-refractivity contribution in [3.05, 3.63) is 17.0 Å². The van der Waals surface area contributed by atoms with Crippen LogP contribution < -0.4 is 5.32 Å². The Balaban J connectivity index is 2.44. The minimum atomic E-state index is 0.726. The molecule has 1 N–H and O–H groups in total. The van der Waals surface area contributed by atoms with Crippen molar-refractivity contribution in [1.29, 1.82) is 0 Å². The number of nitrogens with one attached hydrogen (secondary N) is 1. The van der Waals surface area contributed by atoms with E-state index in [0.717, 1.165) is 51.6 Å². The summed E-state index contributed by atoms with van der Waals surface area (Å²) in [5.41, 5.74) is 3.73. The summed E-state index contributed by atoms with van der Waals surface area (Å²) in [6, 6.07) is 0. The van der Waals surface area contributed by atoms with Gasteiger partial charge in [0.15, 0.2) is 0 Å². The molecule has 0 bridgehead atoms. The third-order valence-electron chi connectivity index (χ3n) is 3.22. The summed E-state index contributed by atoms with van der Waals surface area (Å²) in [5, 5.41) is 7.95. The molecule has 0 aliphatic rings. The zero-order valence-corrected chi connectivity index (χ0v) is 12.7. The second-order valence-electron chi connectivity index (χ2n) is 4.56. The predicted octanol–water partition coefficient (Wildman–Crippen LogP) is 1.31. The molecule has 110 valence electrons. The van der Waals surface area contributed by atoms with Gasteiger partial charge in [-0.2, -0.15) is 5.10 Å². The maximum Gasteiger partial charge on any atom is 0.0662 e. The van der Waals surface area contributed by atoms with Crippen molar-refractivity contribution in [2.75, 3.05) is 40.0 Å². The summed E-state index contributed by atoms with van der Waals surface area (Å²) >= 11 is 0. The highest BCUT2D eigenvalue weighted by molar-refractivity contribution is 5.24. The second-order valence-corrected chi connectivity index (χ2v) is 4.56. The summed E-state index contributed by atoms with van der Waals surface area (Å²) < 4.78 is 12.4. The topological polar surface area (TPSA) is 48.3 Å². The van der Waals surface area contributed by atoms with Crippen LogP contribution in [0.1, 0.15) is 23.9 Å². The molecule has 19 heavy (non-hydrogen) atoms. The number of hydrogen-bond acceptors (Lipinski definition) is 4. The molecule has 0 unspecified atom stereocenters. The van der Waals surface area contributed by atoms with Crippen molar-refractivity contribution in [1.82, 2.24) is 15.1 Å². The van der Waals surface area contributed by atoms with E-state index in [2.05, 4.69) is 28.9 Å². The smallest absolute Gasteiger partial charge is 0.0662 e. The van der Waals surface area contributed by atoms with Crippen LogP contribution in [0, 0.1) is 13.8 Å². The van der Waals surface area contributed by atoms with Crippen molar-refractivity contribution < 1.29 is 9.47 Å². The van der Waals surface area contributed by atoms with Crippen LogP contribution in [-0.4, -0.2) is 49.8 Å². The molecule has 0 aliphatic carbocycles. The number of aromatic nitrogens is 2. The number of nitrogens with zero attached hydrogens (tertiary/aromatic N) is 2. The maximum atomic E-state index is 5.38. The van der Waals surface area contributed by atoms with Crippen molar-refractivity contribution in [3.8, 4) is 0 Å². The molecular formula is C14H27N3O2. The number of methoxy groups -OCH3 is 1. The van der Waals surface area contributed by atoms with E-state index in [0.29, 0.717) is 0 Å². The van der Waals surface area contributed by atoms with Gasteiger partial charge >= 0.3 is 0 Å². The quantitative estimate of drug-likeness (QED) is 0.651. The Labute approximate surface area is 116 Å². The van der Waals surface area contributed by atoms with Gasteiger partial charge in [0.05, 0.1) is 25.5 Å². The number of aryl methyl sites for hydroxylation is 1. The summed E-state index contributed by atoms with van der Waals surface area (Å²) in [5.74, 6) is 0. The van der Waals surface area contributed by atoms with E-state index in [-0.39, 0.29) is 0 Å². The van der Waals surface area contributed by atoms with E-state index in [1.165, 1.54) is 11.3 Å². The first kappa shape index (κ1) is 16.1. The second kappa shape index (κ2) is 9.07. The number of rotatable bonds is 10. The van der Waals surface area contributed by atoms with E-state index in [4.69, 9.17) is 9.47 Å². The van der Waals surface area contributed by atoms with Gasteiger partial charge in [0.25, 0.3) is 0 Å². The van der Waals surface area contributed by atoms with Crippen LogP contribution in [0.25, 0.3) is 0 Å². The van der Waals surface area contributed by atoms with Crippen LogP contribution in [-0.2, 0) is 22.4 Å². The van der Waals surface area contributed by atoms with Gasteiger partial charge in [-0.25, -0.2) is 0 Å². The van der Waals surface area contributed by atoms with E-state index >= 15 is 0 Å². The van der Waals surface area contributed by atoms with Crippen molar-refractivity contribution in [3.63, 3.8) is 0 Å². The van der Waals surface area contributed by atoms with Gasteiger partial charge in [-0.3, -0.25) is 4.68 Å². The molecule has 5 nitrogen and oxygen atoms in total. The molecule has 0 fully saturated rings. The Morgan fingerprint density at radius 2 is 2.00 bits per heavy atom. The molecule has 5 heteroatoms. The molecule has 1 aromatic heterocycles. The summed E-state index contributed by atoms with van der Waals surface area (Å²) in [7, 11) is 1.72. The Hall–Kier alpha value is -0.910. The van der Waals surface area contributed by atoms with Gasteiger partial charge in [0, 0.05) is 26.0 Å². The molecule has 1 heterocycles. The van der Waals surface area contributed by atoms with Crippen LogP contribution in [0.2, 0.25) is 0 Å². The zero-order valence-electron chi connectivity index (χ0n) is 12.7. The highest BCUT2D eigenvalue weighted by Crippen LogP contribution is 2.13. The third kappa shape index (κ3) is 5.30. The summed E-state index contributed by atoms with van der Waals surface area (Å²) in [4.78, 5) is 0. The van der Waals surface area contributed by atoms with Gasteiger partial charge in [0.2, 0.25) is 0 Å². The minimum absolute atomic E-state index is 0.726. The number of hydrogen-bond donors (Lipinski definition) is 1. The zero-order chi connectivity index (χ0) is 14.1. The van der Waals surface area contributed by atoms with Gasteiger partial charge in [-0.05, 0) is 39.3 Å². The molecule has 0 saturated heterocycles. The van der Waals surface area contributed by atoms with E-state index in [1.807, 2.05) is 6.92 Å². The molecular weight excluding hydrogens is 242 g/mol. The lowest BCUT2D eigenvalue weighted by Crippen LogP contribution is -2.22. The highest BCUT2D eigenvalue weighted by atomic mass is 16.5. The Bertz CT molecular complexity index is 364. The van der Waals surface area contributed by atoms with Crippen molar-refractivity contribution >= 4 is 0 Å². The lowest BCUT2D eigenvalue weighted by Gasteiger charge is -2.06. The van der Waals surface area contributed by atoms with Gasteiger partial charge in [-0.15, -0.1) is 0 Å². The summed E-state index contributed by atoms with van der Waals surface area (Å²) in [6.45, 7) is 11.2. The molecule has 0 aliphatic heterocycles. The molecule has 1 aromatic rings. The lowest BCUT2D eigenvalue weighted by atomic mass is 10.1. The Morgan fingerprint density at radius 1 is 1.21 bits per heavy atom. The fraction of sp³-hybridized carbons (Fsp3) is 0.786. The van der Waals surface area contributed by atoms with Crippen molar-refractivity contribution in [2.45, 2.75) is 33.7 Å².